The van der Waals surface area contributed by atoms with Crippen LogP contribution in [0.2, 0.25) is 5.02 Å². The minimum Gasteiger partial charge on any atom is -0.465 e. The van der Waals surface area contributed by atoms with E-state index in [1.165, 1.54) is 39.0 Å². The molecule has 0 amide bonds. The topological polar surface area (TPSA) is 39.2 Å². The summed E-state index contributed by atoms with van der Waals surface area (Å²) < 4.78 is 4.62. The van der Waals surface area contributed by atoms with Crippen molar-refractivity contribution in [3.8, 4) is 0 Å². The Morgan fingerprint density at radius 2 is 2.19 bits per heavy atom. The van der Waals surface area contributed by atoms with Crippen LogP contribution in [0.4, 0.5) is 0 Å². The van der Waals surface area contributed by atoms with Crippen LogP contribution in [0.5, 0.6) is 0 Å². The molecule has 86 valence electrons. The molecule has 1 aliphatic rings. The standard InChI is InChI=1S/C12H14ClNO2/c1-16-12(15)9-7-14-11(6-10(9)13)8-4-2-3-5-8/h6-8H,2-5H2,1H3. The van der Waals surface area contributed by atoms with Crippen LogP contribution in [-0.2, 0) is 4.74 Å². The summed E-state index contributed by atoms with van der Waals surface area (Å²) in [5.74, 6) is 0.0691. The Balaban J connectivity index is 2.25. The van der Waals surface area contributed by atoms with Crippen LogP contribution in [0, 0.1) is 0 Å². The molecule has 0 aliphatic heterocycles. The van der Waals surface area contributed by atoms with E-state index in [4.69, 9.17) is 11.6 Å². The Morgan fingerprint density at radius 1 is 1.50 bits per heavy atom. The first kappa shape index (κ1) is 11.4. The van der Waals surface area contributed by atoms with Crippen molar-refractivity contribution in [2.45, 2.75) is 31.6 Å². The second-order valence-electron chi connectivity index (χ2n) is 4.06. The summed E-state index contributed by atoms with van der Waals surface area (Å²) in [4.78, 5) is 15.6. The average molecular weight is 240 g/mol. The zero-order valence-corrected chi connectivity index (χ0v) is 9.96. The number of esters is 1. The van der Waals surface area contributed by atoms with E-state index in [9.17, 15) is 4.79 Å². The summed E-state index contributed by atoms with van der Waals surface area (Å²) in [5, 5.41) is 0.434. The minimum absolute atomic E-state index is 0.339. The van der Waals surface area contributed by atoms with E-state index in [-0.39, 0.29) is 0 Å². The zero-order valence-electron chi connectivity index (χ0n) is 9.20. The molecule has 1 heterocycles. The maximum atomic E-state index is 11.3. The molecule has 1 aliphatic carbocycles. The number of nitrogens with zero attached hydrogens (tertiary/aromatic N) is 1. The van der Waals surface area contributed by atoms with Gasteiger partial charge in [-0.3, -0.25) is 4.98 Å². The van der Waals surface area contributed by atoms with E-state index in [0.29, 0.717) is 16.5 Å². The molecule has 0 saturated heterocycles. The lowest BCUT2D eigenvalue weighted by Gasteiger charge is -2.09. The fourth-order valence-corrected chi connectivity index (χ4v) is 2.39. The normalized spacial score (nSPS) is 16.4. The van der Waals surface area contributed by atoms with Gasteiger partial charge in [-0.05, 0) is 18.9 Å². The van der Waals surface area contributed by atoms with Crippen LogP contribution in [-0.4, -0.2) is 18.1 Å². The molecule has 0 spiro atoms. The van der Waals surface area contributed by atoms with Crippen molar-refractivity contribution in [3.63, 3.8) is 0 Å². The van der Waals surface area contributed by atoms with Gasteiger partial charge in [0.05, 0.1) is 17.7 Å². The van der Waals surface area contributed by atoms with Crippen molar-refractivity contribution in [2.75, 3.05) is 7.11 Å². The lowest BCUT2D eigenvalue weighted by molar-refractivity contribution is 0.0600. The highest BCUT2D eigenvalue weighted by molar-refractivity contribution is 6.33. The van der Waals surface area contributed by atoms with Crippen LogP contribution >= 0.6 is 11.6 Å². The van der Waals surface area contributed by atoms with Gasteiger partial charge in [0.1, 0.15) is 0 Å². The number of carbonyl (C=O) groups is 1. The number of ether oxygens (including phenoxy) is 1. The largest absolute Gasteiger partial charge is 0.465 e. The highest BCUT2D eigenvalue weighted by atomic mass is 35.5. The lowest BCUT2D eigenvalue weighted by Crippen LogP contribution is -2.05. The van der Waals surface area contributed by atoms with Crippen LogP contribution in [0.3, 0.4) is 0 Å². The molecule has 1 aromatic heterocycles. The van der Waals surface area contributed by atoms with Crippen molar-refractivity contribution < 1.29 is 9.53 Å². The number of pyridine rings is 1. The number of aromatic nitrogens is 1. The van der Waals surface area contributed by atoms with Gasteiger partial charge in [0, 0.05) is 17.8 Å². The van der Waals surface area contributed by atoms with E-state index in [1.807, 2.05) is 0 Å². The zero-order chi connectivity index (χ0) is 11.5. The fraction of sp³-hybridized carbons (Fsp3) is 0.500. The summed E-state index contributed by atoms with van der Waals surface area (Å²) >= 11 is 6.04. The Morgan fingerprint density at radius 3 is 2.75 bits per heavy atom. The predicted octanol–water partition coefficient (Wildman–Crippen LogP) is 3.18. The molecule has 1 saturated carbocycles. The molecule has 0 aromatic carbocycles. The minimum atomic E-state index is -0.435. The molecule has 0 radical (unpaired) electrons. The van der Waals surface area contributed by atoms with Crippen LogP contribution in [0.15, 0.2) is 12.3 Å². The predicted molar refractivity (Wildman–Crippen MR) is 61.8 cm³/mol. The number of carbonyl (C=O) groups excluding carboxylic acids is 1. The molecular formula is C12H14ClNO2. The van der Waals surface area contributed by atoms with Gasteiger partial charge in [-0.15, -0.1) is 0 Å². The molecule has 1 fully saturated rings. The molecule has 0 bridgehead atoms. The molecule has 4 heteroatoms. The van der Waals surface area contributed by atoms with Crippen molar-refractivity contribution in [1.29, 1.82) is 0 Å². The fourth-order valence-electron chi connectivity index (χ4n) is 2.15. The monoisotopic (exact) mass is 239 g/mol. The van der Waals surface area contributed by atoms with Gasteiger partial charge in [-0.1, -0.05) is 24.4 Å². The van der Waals surface area contributed by atoms with Crippen molar-refractivity contribution >= 4 is 17.6 Å². The van der Waals surface area contributed by atoms with Gasteiger partial charge in [0.2, 0.25) is 0 Å². The van der Waals surface area contributed by atoms with Gasteiger partial charge in [0.25, 0.3) is 0 Å². The molecule has 0 N–H and O–H groups in total. The first-order valence-electron chi connectivity index (χ1n) is 5.46. The number of methoxy groups -OCH3 is 1. The van der Waals surface area contributed by atoms with Gasteiger partial charge in [0.15, 0.2) is 0 Å². The van der Waals surface area contributed by atoms with Crippen LogP contribution in [0.25, 0.3) is 0 Å². The first-order valence-corrected chi connectivity index (χ1v) is 5.84. The summed E-state index contributed by atoms with van der Waals surface area (Å²) in [6.45, 7) is 0. The maximum absolute atomic E-state index is 11.3. The third-order valence-corrected chi connectivity index (χ3v) is 3.37. The number of rotatable bonds is 2. The SMILES string of the molecule is COC(=O)c1cnc(C2CCCC2)cc1Cl. The molecule has 2 rings (SSSR count). The Hall–Kier alpha value is -1.09. The number of halogens is 1. The Bertz CT molecular complexity index is 400. The van der Waals surface area contributed by atoms with Crippen molar-refractivity contribution in [3.05, 3.63) is 28.5 Å². The van der Waals surface area contributed by atoms with Gasteiger partial charge in [-0.2, -0.15) is 0 Å². The second kappa shape index (κ2) is 4.83. The molecule has 16 heavy (non-hydrogen) atoms. The highest BCUT2D eigenvalue weighted by Crippen LogP contribution is 2.34. The van der Waals surface area contributed by atoms with Gasteiger partial charge >= 0.3 is 5.97 Å². The van der Waals surface area contributed by atoms with Crippen molar-refractivity contribution in [1.82, 2.24) is 4.98 Å². The first-order chi connectivity index (χ1) is 7.72. The highest BCUT2D eigenvalue weighted by Gasteiger charge is 2.20. The summed E-state index contributed by atoms with van der Waals surface area (Å²) in [6, 6.07) is 1.80. The lowest BCUT2D eigenvalue weighted by atomic mass is 10.0. The summed E-state index contributed by atoms with van der Waals surface area (Å²) in [6.07, 6.45) is 6.36. The molecule has 0 atom stereocenters. The van der Waals surface area contributed by atoms with E-state index in [2.05, 4.69) is 9.72 Å². The van der Waals surface area contributed by atoms with Crippen LogP contribution in [0.1, 0.15) is 47.7 Å². The van der Waals surface area contributed by atoms with Gasteiger partial charge in [-0.25, -0.2) is 4.79 Å². The maximum Gasteiger partial charge on any atom is 0.340 e. The number of hydrogen-bond acceptors (Lipinski definition) is 3. The van der Waals surface area contributed by atoms with E-state index in [1.54, 1.807) is 6.07 Å². The Kier molecular flexibility index (Phi) is 3.44. The van der Waals surface area contributed by atoms with E-state index < -0.39 is 5.97 Å². The van der Waals surface area contributed by atoms with Crippen LogP contribution < -0.4 is 0 Å². The molecule has 1 aromatic rings. The van der Waals surface area contributed by atoms with Gasteiger partial charge < -0.3 is 4.74 Å². The molecule has 0 unspecified atom stereocenters. The Labute approximate surface area is 99.8 Å². The third kappa shape index (κ3) is 2.19. The third-order valence-electron chi connectivity index (χ3n) is 3.05. The van der Waals surface area contributed by atoms with E-state index in [0.717, 1.165) is 5.69 Å². The smallest absolute Gasteiger partial charge is 0.340 e. The molecular weight excluding hydrogens is 226 g/mol. The second-order valence-corrected chi connectivity index (χ2v) is 4.47. The molecule has 3 nitrogen and oxygen atoms in total. The van der Waals surface area contributed by atoms with Crippen molar-refractivity contribution in [2.24, 2.45) is 0 Å². The average Bonchev–Trinajstić information content (AvgIpc) is 2.81. The quantitative estimate of drug-likeness (QED) is 0.744. The summed E-state index contributed by atoms with van der Waals surface area (Å²) in [7, 11) is 1.34. The van der Waals surface area contributed by atoms with E-state index >= 15 is 0 Å². The summed E-state index contributed by atoms with van der Waals surface area (Å²) in [5.41, 5.74) is 1.33. The number of hydrogen-bond donors (Lipinski definition) is 0.